The second kappa shape index (κ2) is 4.59. The molecule has 1 heterocycles. The van der Waals surface area contributed by atoms with Crippen LogP contribution in [-0.4, -0.2) is 17.3 Å². The molecule has 0 unspecified atom stereocenters. The van der Waals surface area contributed by atoms with E-state index in [1.54, 1.807) is 7.11 Å². The highest BCUT2D eigenvalue weighted by Crippen LogP contribution is 2.33. The molecule has 0 radical (unpaired) electrons. The highest BCUT2D eigenvalue weighted by Gasteiger charge is 2.07. The first-order chi connectivity index (χ1) is 7.29. The van der Waals surface area contributed by atoms with Gasteiger partial charge in [-0.05, 0) is 39.4 Å². The van der Waals surface area contributed by atoms with Crippen molar-refractivity contribution >= 4 is 27.3 Å². The van der Waals surface area contributed by atoms with Crippen molar-refractivity contribution in [2.24, 2.45) is 0 Å². The summed E-state index contributed by atoms with van der Waals surface area (Å²) < 4.78 is 11.3. The molecule has 0 aliphatic carbocycles. The van der Waals surface area contributed by atoms with Crippen molar-refractivity contribution in [3.05, 3.63) is 28.2 Å². The van der Waals surface area contributed by atoms with Gasteiger partial charge in [0.25, 0.3) is 5.19 Å². The summed E-state index contributed by atoms with van der Waals surface area (Å²) in [5.41, 5.74) is 0. The Hall–Kier alpha value is -1.14. The Balaban J connectivity index is 2.23. The van der Waals surface area contributed by atoms with Gasteiger partial charge in [-0.3, -0.25) is 0 Å². The number of rotatable bonds is 3. The second-order valence-corrected chi connectivity index (χ2v) is 4.79. The Bertz CT molecular complexity index is 461. The van der Waals surface area contributed by atoms with E-state index in [0.717, 1.165) is 0 Å². The Labute approximate surface area is 99.0 Å². The van der Waals surface area contributed by atoms with E-state index in [0.29, 0.717) is 20.6 Å². The summed E-state index contributed by atoms with van der Waals surface area (Å²) in [5.74, 6) is 1.30. The van der Waals surface area contributed by atoms with Gasteiger partial charge < -0.3 is 9.47 Å². The number of aromatic nitrogens is 2. The van der Waals surface area contributed by atoms with Crippen LogP contribution in [0, 0.1) is 0 Å². The molecule has 2 rings (SSSR count). The average molecular weight is 287 g/mol. The van der Waals surface area contributed by atoms with E-state index in [-0.39, 0.29) is 0 Å². The van der Waals surface area contributed by atoms with Crippen molar-refractivity contribution in [1.29, 1.82) is 0 Å². The molecule has 0 saturated carbocycles. The fourth-order valence-corrected chi connectivity index (χ4v) is 1.96. The Kier molecular flexibility index (Phi) is 3.17. The number of benzene rings is 1. The van der Waals surface area contributed by atoms with Crippen LogP contribution in [-0.2, 0) is 0 Å². The topological polar surface area (TPSA) is 44.2 Å². The molecule has 0 aliphatic rings. The van der Waals surface area contributed by atoms with Gasteiger partial charge >= 0.3 is 0 Å². The molecule has 0 fully saturated rings. The van der Waals surface area contributed by atoms with Crippen LogP contribution >= 0.6 is 27.3 Å². The Morgan fingerprint density at radius 3 is 2.53 bits per heavy atom. The number of halogens is 1. The van der Waals surface area contributed by atoms with Crippen LogP contribution < -0.4 is 9.47 Å². The molecule has 4 nitrogen and oxygen atoms in total. The zero-order valence-corrected chi connectivity index (χ0v) is 10.2. The highest BCUT2D eigenvalue weighted by molar-refractivity contribution is 9.11. The monoisotopic (exact) mass is 286 g/mol. The molecule has 0 amide bonds. The molecule has 0 N–H and O–H groups in total. The number of para-hydroxylation sites is 2. The van der Waals surface area contributed by atoms with Crippen LogP contribution in [0.3, 0.4) is 0 Å². The number of hydrogen-bond acceptors (Lipinski definition) is 5. The summed E-state index contributed by atoms with van der Waals surface area (Å²) in [6, 6.07) is 7.38. The third-order valence-corrected chi connectivity index (χ3v) is 2.88. The maximum absolute atomic E-state index is 5.51. The maximum atomic E-state index is 5.51. The third-order valence-electron chi connectivity index (χ3n) is 1.65. The zero-order valence-electron chi connectivity index (χ0n) is 7.81. The van der Waals surface area contributed by atoms with E-state index >= 15 is 0 Å². The van der Waals surface area contributed by atoms with Gasteiger partial charge in [-0.1, -0.05) is 17.2 Å². The van der Waals surface area contributed by atoms with E-state index in [4.69, 9.17) is 9.47 Å². The first-order valence-corrected chi connectivity index (χ1v) is 5.70. The molecule has 15 heavy (non-hydrogen) atoms. The van der Waals surface area contributed by atoms with Crippen molar-refractivity contribution in [3.8, 4) is 16.7 Å². The van der Waals surface area contributed by atoms with Crippen LogP contribution in [0.5, 0.6) is 16.7 Å². The standard InChI is InChI=1S/C9H7BrN2O2S/c1-13-6-4-2-3-5-7(6)14-9-12-11-8(10)15-9/h2-5H,1H3. The summed E-state index contributed by atoms with van der Waals surface area (Å²) in [5, 5.41) is 8.10. The van der Waals surface area contributed by atoms with E-state index < -0.39 is 0 Å². The van der Waals surface area contributed by atoms with Gasteiger partial charge in [0, 0.05) is 0 Å². The molecule has 0 saturated heterocycles. The van der Waals surface area contributed by atoms with Crippen LogP contribution in [0.1, 0.15) is 0 Å². The largest absolute Gasteiger partial charge is 0.493 e. The second-order valence-electron chi connectivity index (χ2n) is 2.57. The fourth-order valence-electron chi connectivity index (χ4n) is 1.03. The molecule has 0 spiro atoms. The first kappa shape index (κ1) is 10.4. The van der Waals surface area contributed by atoms with Gasteiger partial charge in [-0.25, -0.2) is 0 Å². The molecule has 0 atom stereocenters. The maximum Gasteiger partial charge on any atom is 0.300 e. The van der Waals surface area contributed by atoms with Gasteiger partial charge in [-0.2, -0.15) is 0 Å². The van der Waals surface area contributed by atoms with E-state index in [9.17, 15) is 0 Å². The minimum atomic E-state index is 0.478. The minimum absolute atomic E-state index is 0.478. The van der Waals surface area contributed by atoms with Crippen LogP contribution in [0.25, 0.3) is 0 Å². The molecule has 1 aromatic heterocycles. The SMILES string of the molecule is COc1ccccc1Oc1nnc(Br)s1. The van der Waals surface area contributed by atoms with Crippen molar-refractivity contribution < 1.29 is 9.47 Å². The number of ether oxygens (including phenoxy) is 2. The van der Waals surface area contributed by atoms with Crippen molar-refractivity contribution in [2.45, 2.75) is 0 Å². The quantitative estimate of drug-likeness (QED) is 0.870. The summed E-state index contributed by atoms with van der Waals surface area (Å²) in [7, 11) is 1.60. The number of hydrogen-bond donors (Lipinski definition) is 0. The third kappa shape index (κ3) is 2.45. The van der Waals surface area contributed by atoms with E-state index in [1.165, 1.54) is 11.3 Å². The Morgan fingerprint density at radius 1 is 1.20 bits per heavy atom. The molecule has 2 aromatic rings. The van der Waals surface area contributed by atoms with Gasteiger partial charge in [-0.15, -0.1) is 5.10 Å². The van der Waals surface area contributed by atoms with E-state index in [1.807, 2.05) is 24.3 Å². The Morgan fingerprint density at radius 2 is 1.93 bits per heavy atom. The van der Waals surface area contributed by atoms with Gasteiger partial charge in [0.1, 0.15) is 0 Å². The summed E-state index contributed by atoms with van der Waals surface area (Å²) in [6.07, 6.45) is 0. The lowest BCUT2D eigenvalue weighted by Gasteiger charge is -2.06. The summed E-state index contributed by atoms with van der Waals surface area (Å²) in [4.78, 5) is 0. The predicted molar refractivity (Wildman–Crippen MR) is 60.7 cm³/mol. The molecular formula is C9H7BrN2O2S. The lowest BCUT2D eigenvalue weighted by atomic mass is 10.3. The molecule has 0 bridgehead atoms. The molecule has 78 valence electrons. The first-order valence-electron chi connectivity index (χ1n) is 4.09. The molecular weight excluding hydrogens is 280 g/mol. The van der Waals surface area contributed by atoms with Crippen molar-refractivity contribution in [2.75, 3.05) is 7.11 Å². The highest BCUT2D eigenvalue weighted by atomic mass is 79.9. The lowest BCUT2D eigenvalue weighted by molar-refractivity contribution is 0.377. The normalized spacial score (nSPS) is 10.0. The smallest absolute Gasteiger partial charge is 0.300 e. The summed E-state index contributed by atoms with van der Waals surface area (Å²) in [6.45, 7) is 0. The minimum Gasteiger partial charge on any atom is -0.493 e. The summed E-state index contributed by atoms with van der Waals surface area (Å²) >= 11 is 4.53. The molecule has 0 aliphatic heterocycles. The van der Waals surface area contributed by atoms with Gasteiger partial charge in [0.2, 0.25) is 0 Å². The average Bonchev–Trinajstić information content (AvgIpc) is 2.65. The van der Waals surface area contributed by atoms with E-state index in [2.05, 4.69) is 26.1 Å². The van der Waals surface area contributed by atoms with Crippen LogP contribution in [0.2, 0.25) is 0 Å². The molecule has 1 aromatic carbocycles. The fraction of sp³-hybridized carbons (Fsp3) is 0.111. The van der Waals surface area contributed by atoms with Gasteiger partial charge in [0.05, 0.1) is 7.11 Å². The van der Waals surface area contributed by atoms with Crippen molar-refractivity contribution in [3.63, 3.8) is 0 Å². The lowest BCUT2D eigenvalue weighted by Crippen LogP contribution is -1.89. The molecule has 6 heteroatoms. The number of methoxy groups -OCH3 is 1. The zero-order chi connectivity index (χ0) is 10.7. The van der Waals surface area contributed by atoms with Crippen molar-refractivity contribution in [1.82, 2.24) is 10.2 Å². The predicted octanol–water partition coefficient (Wildman–Crippen LogP) is 3.10. The van der Waals surface area contributed by atoms with Gasteiger partial charge in [0.15, 0.2) is 15.4 Å². The number of nitrogens with zero attached hydrogens (tertiary/aromatic N) is 2. The van der Waals surface area contributed by atoms with Crippen LogP contribution in [0.15, 0.2) is 28.2 Å². The van der Waals surface area contributed by atoms with Crippen LogP contribution in [0.4, 0.5) is 0 Å².